The van der Waals surface area contributed by atoms with Gasteiger partial charge in [0.2, 0.25) is 0 Å². The summed E-state index contributed by atoms with van der Waals surface area (Å²) < 4.78 is 6.10. The van der Waals surface area contributed by atoms with Gasteiger partial charge in [-0.05, 0) is 49.4 Å². The van der Waals surface area contributed by atoms with E-state index < -0.39 is 5.60 Å². The molecule has 0 spiro atoms. The molecular formula is C17H20ClNO2. The highest BCUT2D eigenvalue weighted by Gasteiger charge is 2.78. The summed E-state index contributed by atoms with van der Waals surface area (Å²) in [6.45, 7) is 5.26. The highest BCUT2D eigenvalue weighted by atomic mass is 35.5. The van der Waals surface area contributed by atoms with Crippen molar-refractivity contribution in [2.75, 3.05) is 11.9 Å². The lowest BCUT2D eigenvalue weighted by atomic mass is 9.66. The number of carbonyl (C=O) groups is 1. The average Bonchev–Trinajstić information content (AvgIpc) is 2.93. The van der Waals surface area contributed by atoms with Crippen molar-refractivity contribution in [3.63, 3.8) is 0 Å². The molecule has 1 N–H and O–H groups in total. The van der Waals surface area contributed by atoms with Crippen molar-refractivity contribution in [1.82, 2.24) is 0 Å². The predicted molar refractivity (Wildman–Crippen MR) is 82.3 cm³/mol. The van der Waals surface area contributed by atoms with Crippen LogP contribution in [0.15, 0.2) is 24.3 Å². The molecule has 4 heteroatoms. The second-order valence-corrected chi connectivity index (χ2v) is 7.70. The van der Waals surface area contributed by atoms with E-state index in [-0.39, 0.29) is 16.7 Å². The molecule has 4 rings (SSSR count). The van der Waals surface area contributed by atoms with E-state index in [1.807, 2.05) is 12.1 Å². The Hall–Kier alpha value is -1.06. The molecule has 3 fully saturated rings. The maximum absolute atomic E-state index is 12.9. The van der Waals surface area contributed by atoms with E-state index in [0.717, 1.165) is 18.5 Å². The number of hydrogen-bond acceptors (Lipinski definition) is 2. The highest BCUT2D eigenvalue weighted by molar-refractivity contribution is 6.30. The van der Waals surface area contributed by atoms with Gasteiger partial charge in [-0.15, -0.1) is 0 Å². The molecular weight excluding hydrogens is 286 g/mol. The Kier molecular flexibility index (Phi) is 2.60. The number of anilines is 1. The first kappa shape index (κ1) is 13.6. The van der Waals surface area contributed by atoms with E-state index in [2.05, 4.69) is 19.2 Å². The van der Waals surface area contributed by atoms with E-state index in [9.17, 15) is 4.79 Å². The van der Waals surface area contributed by atoms with Gasteiger partial charge in [0, 0.05) is 21.5 Å². The Bertz CT molecular complexity index is 616. The number of rotatable bonds is 2. The summed E-state index contributed by atoms with van der Waals surface area (Å²) in [6, 6.07) is 7.25. The van der Waals surface area contributed by atoms with Gasteiger partial charge in [0.15, 0.2) is 5.60 Å². The molecule has 4 bridgehead atoms. The molecule has 0 unspecified atom stereocenters. The summed E-state index contributed by atoms with van der Waals surface area (Å²) in [7, 11) is 0. The van der Waals surface area contributed by atoms with Crippen LogP contribution in [0.25, 0.3) is 0 Å². The number of ether oxygens (including phenoxy) is 1. The second-order valence-electron chi connectivity index (χ2n) is 7.27. The van der Waals surface area contributed by atoms with Gasteiger partial charge in [-0.3, -0.25) is 4.79 Å². The fourth-order valence-corrected chi connectivity index (χ4v) is 5.15. The average molecular weight is 306 g/mol. The number of benzene rings is 1. The predicted octanol–water partition coefficient (Wildman–Crippen LogP) is 3.87. The third-order valence-corrected chi connectivity index (χ3v) is 6.92. The molecule has 21 heavy (non-hydrogen) atoms. The van der Waals surface area contributed by atoms with Gasteiger partial charge in [0.25, 0.3) is 5.91 Å². The van der Waals surface area contributed by atoms with Crippen molar-refractivity contribution in [2.45, 2.75) is 38.7 Å². The number of nitrogens with one attached hydrogen (secondary N) is 1. The zero-order valence-corrected chi connectivity index (χ0v) is 13.2. The van der Waals surface area contributed by atoms with Crippen LogP contribution < -0.4 is 5.32 Å². The molecule has 1 heterocycles. The number of halogens is 1. The van der Waals surface area contributed by atoms with E-state index in [1.54, 1.807) is 12.1 Å². The molecule has 4 atom stereocenters. The molecule has 1 aliphatic heterocycles. The van der Waals surface area contributed by atoms with Crippen molar-refractivity contribution in [2.24, 2.45) is 16.7 Å². The lowest BCUT2D eigenvalue weighted by molar-refractivity contribution is -0.149. The van der Waals surface area contributed by atoms with Crippen LogP contribution >= 0.6 is 11.6 Å². The Morgan fingerprint density at radius 2 is 2.05 bits per heavy atom. The van der Waals surface area contributed by atoms with Crippen LogP contribution in [0.4, 0.5) is 5.69 Å². The number of amides is 1. The van der Waals surface area contributed by atoms with E-state index in [0.29, 0.717) is 17.5 Å². The van der Waals surface area contributed by atoms with Crippen molar-refractivity contribution < 1.29 is 9.53 Å². The first-order valence-electron chi connectivity index (χ1n) is 7.62. The first-order valence-corrected chi connectivity index (χ1v) is 8.00. The molecule has 1 aromatic carbocycles. The fourth-order valence-electron chi connectivity index (χ4n) is 5.02. The Morgan fingerprint density at radius 3 is 2.67 bits per heavy atom. The smallest absolute Gasteiger partial charge is 0.257 e. The van der Waals surface area contributed by atoms with E-state index >= 15 is 0 Å². The van der Waals surface area contributed by atoms with Crippen molar-refractivity contribution in [3.8, 4) is 0 Å². The first-order chi connectivity index (χ1) is 9.91. The Morgan fingerprint density at radius 1 is 1.33 bits per heavy atom. The zero-order chi connectivity index (χ0) is 14.9. The lowest BCUT2D eigenvalue weighted by Crippen LogP contribution is -2.52. The molecule has 1 aromatic rings. The van der Waals surface area contributed by atoms with Crippen LogP contribution in [0, 0.1) is 16.7 Å². The Balaban J connectivity index is 1.65. The standard InChI is InChI=1S/C17H20ClNO2/c1-15-10-21-17(9-11(15)7-8-16(15,17)2)14(20)19-13-5-3-12(18)4-6-13/h3-6,11H,7-10H2,1-2H3,(H,19,20)/t11-,15+,16+,17+/m1/s1. The van der Waals surface area contributed by atoms with Gasteiger partial charge >= 0.3 is 0 Å². The van der Waals surface area contributed by atoms with Crippen molar-refractivity contribution in [1.29, 1.82) is 0 Å². The molecule has 0 aromatic heterocycles. The summed E-state index contributed by atoms with van der Waals surface area (Å²) in [6.07, 6.45) is 3.17. The second kappa shape index (κ2) is 4.02. The van der Waals surface area contributed by atoms with Crippen LogP contribution in [0.1, 0.15) is 33.1 Å². The highest BCUT2D eigenvalue weighted by Crippen LogP contribution is 2.75. The van der Waals surface area contributed by atoms with Gasteiger partial charge in [-0.1, -0.05) is 25.4 Å². The topological polar surface area (TPSA) is 38.3 Å². The van der Waals surface area contributed by atoms with Crippen molar-refractivity contribution >= 4 is 23.2 Å². The number of carbonyl (C=O) groups excluding carboxylic acids is 1. The van der Waals surface area contributed by atoms with Gasteiger partial charge < -0.3 is 10.1 Å². The van der Waals surface area contributed by atoms with Crippen LogP contribution in [-0.2, 0) is 9.53 Å². The molecule has 2 aliphatic carbocycles. The van der Waals surface area contributed by atoms with Gasteiger partial charge in [-0.2, -0.15) is 0 Å². The van der Waals surface area contributed by atoms with Gasteiger partial charge in [0.05, 0.1) is 6.61 Å². The lowest BCUT2D eigenvalue weighted by Gasteiger charge is -2.39. The minimum absolute atomic E-state index is 0.0123. The van der Waals surface area contributed by atoms with Gasteiger partial charge in [0.1, 0.15) is 0 Å². The molecule has 1 saturated heterocycles. The largest absolute Gasteiger partial charge is 0.364 e. The SMILES string of the molecule is C[C@@]12CC[C@@H]3C[C@@]1(C(=O)Nc1ccc(Cl)cc1)OC[C@@]32C. The molecule has 3 aliphatic rings. The summed E-state index contributed by atoms with van der Waals surface area (Å²) in [5.74, 6) is 0.630. The minimum atomic E-state index is -0.649. The molecule has 1 amide bonds. The minimum Gasteiger partial charge on any atom is -0.364 e. The molecule has 2 saturated carbocycles. The third kappa shape index (κ3) is 1.46. The summed E-state index contributed by atoms with van der Waals surface area (Å²) >= 11 is 5.89. The summed E-state index contributed by atoms with van der Waals surface area (Å²) in [5, 5.41) is 3.70. The maximum Gasteiger partial charge on any atom is 0.257 e. The monoisotopic (exact) mass is 305 g/mol. The maximum atomic E-state index is 12.9. The molecule has 0 radical (unpaired) electrons. The van der Waals surface area contributed by atoms with Crippen LogP contribution in [-0.4, -0.2) is 18.1 Å². The third-order valence-electron chi connectivity index (χ3n) is 6.67. The van der Waals surface area contributed by atoms with Crippen LogP contribution in [0.5, 0.6) is 0 Å². The van der Waals surface area contributed by atoms with E-state index in [1.165, 1.54) is 6.42 Å². The van der Waals surface area contributed by atoms with E-state index in [4.69, 9.17) is 16.3 Å². The normalized spacial score (nSPS) is 43.3. The van der Waals surface area contributed by atoms with Crippen LogP contribution in [0.3, 0.4) is 0 Å². The molecule has 3 nitrogen and oxygen atoms in total. The molecule has 112 valence electrons. The van der Waals surface area contributed by atoms with Crippen LogP contribution in [0.2, 0.25) is 5.02 Å². The summed E-state index contributed by atoms with van der Waals surface area (Å²) in [5.41, 5.74) is 0.248. The Labute approximate surface area is 130 Å². The zero-order valence-electron chi connectivity index (χ0n) is 12.4. The summed E-state index contributed by atoms with van der Waals surface area (Å²) in [4.78, 5) is 12.9. The number of hydrogen-bond donors (Lipinski definition) is 1. The fraction of sp³-hybridized carbons (Fsp3) is 0.588. The van der Waals surface area contributed by atoms with Gasteiger partial charge in [-0.25, -0.2) is 0 Å². The van der Waals surface area contributed by atoms with Crippen molar-refractivity contribution in [3.05, 3.63) is 29.3 Å². The quantitative estimate of drug-likeness (QED) is 0.900.